The molecule has 2 aromatic rings. The molecule has 1 N–H and O–H groups in total. The Balaban J connectivity index is 1.58. The van der Waals surface area contributed by atoms with Gasteiger partial charge in [0.15, 0.2) is 6.10 Å². The Kier molecular flexibility index (Phi) is 6.54. The number of rotatable bonds is 5. The molecule has 1 fully saturated rings. The van der Waals surface area contributed by atoms with Gasteiger partial charge in [0.2, 0.25) is 15.9 Å². The van der Waals surface area contributed by atoms with Gasteiger partial charge in [0.25, 0.3) is 5.91 Å². The molecule has 2 aliphatic heterocycles. The Morgan fingerprint density at radius 3 is 2.55 bits per heavy atom. The molecule has 0 saturated carbocycles. The van der Waals surface area contributed by atoms with Crippen LogP contribution < -0.4 is 19.7 Å². The van der Waals surface area contributed by atoms with Crippen LogP contribution in [0.15, 0.2) is 47.4 Å². The fraction of sp³-hybridized carbons (Fsp3) is 0.364. The second-order valence-corrected chi connectivity index (χ2v) is 9.48. The predicted molar refractivity (Wildman–Crippen MR) is 120 cm³/mol. The minimum absolute atomic E-state index is 0.0350. The maximum atomic E-state index is 13.2. The van der Waals surface area contributed by atoms with Crippen molar-refractivity contribution in [1.29, 1.82) is 0 Å². The molecule has 4 rings (SSSR count). The molecule has 176 valence electrons. The Morgan fingerprint density at radius 1 is 1.12 bits per heavy atom. The highest BCUT2D eigenvalue weighted by molar-refractivity contribution is 7.89. The summed E-state index contributed by atoms with van der Waals surface area (Å²) in [6, 6.07) is 11.4. The molecule has 2 heterocycles. The number of morpholine rings is 1. The number of sulfonamides is 1. The average Bonchev–Trinajstić information content (AvgIpc) is 2.83. The molecule has 33 heavy (non-hydrogen) atoms. The van der Waals surface area contributed by atoms with Crippen molar-refractivity contribution in [3.8, 4) is 11.5 Å². The lowest BCUT2D eigenvalue weighted by atomic mass is 10.1. The first-order valence-electron chi connectivity index (χ1n) is 10.4. The zero-order chi connectivity index (χ0) is 23.6. The largest absolute Gasteiger partial charge is 0.495 e. The van der Waals surface area contributed by atoms with Crippen LogP contribution in [0, 0.1) is 0 Å². The van der Waals surface area contributed by atoms with Gasteiger partial charge in [-0.05, 0) is 30.3 Å². The van der Waals surface area contributed by atoms with Crippen molar-refractivity contribution in [3.05, 3.63) is 42.5 Å². The molecule has 0 radical (unpaired) electrons. The van der Waals surface area contributed by atoms with E-state index in [1.165, 1.54) is 35.4 Å². The van der Waals surface area contributed by atoms with E-state index in [2.05, 4.69) is 5.32 Å². The number of hydrogen-bond acceptors (Lipinski definition) is 7. The van der Waals surface area contributed by atoms with Crippen molar-refractivity contribution in [2.45, 2.75) is 17.9 Å². The van der Waals surface area contributed by atoms with E-state index < -0.39 is 22.0 Å². The zero-order valence-electron chi connectivity index (χ0n) is 18.3. The van der Waals surface area contributed by atoms with Crippen LogP contribution in [0.5, 0.6) is 11.5 Å². The van der Waals surface area contributed by atoms with Crippen molar-refractivity contribution in [1.82, 2.24) is 4.31 Å². The highest BCUT2D eigenvalue weighted by Gasteiger charge is 2.33. The number of anilines is 2. The second-order valence-electron chi connectivity index (χ2n) is 7.58. The van der Waals surface area contributed by atoms with Crippen LogP contribution in [0.1, 0.15) is 6.92 Å². The van der Waals surface area contributed by atoms with Gasteiger partial charge in [-0.1, -0.05) is 12.1 Å². The standard InChI is InChI=1S/C22H25N3O7S/c1-15(26)25-14-20(32-18-6-4-3-5-17(18)25)22(27)23-16-7-8-19(30-2)21(13-16)33(28,29)24-9-11-31-12-10-24/h3-8,13,20H,9-12,14H2,1-2H3,(H,23,27). The van der Waals surface area contributed by atoms with Crippen LogP contribution in [-0.2, 0) is 24.3 Å². The van der Waals surface area contributed by atoms with E-state index in [9.17, 15) is 18.0 Å². The minimum atomic E-state index is -3.86. The quantitative estimate of drug-likeness (QED) is 0.696. The van der Waals surface area contributed by atoms with Gasteiger partial charge in [0, 0.05) is 25.7 Å². The van der Waals surface area contributed by atoms with Gasteiger partial charge in [-0.2, -0.15) is 4.31 Å². The highest BCUT2D eigenvalue weighted by atomic mass is 32.2. The first-order chi connectivity index (χ1) is 15.8. The summed E-state index contributed by atoms with van der Waals surface area (Å²) in [5.41, 5.74) is 0.863. The number of carbonyl (C=O) groups is 2. The molecule has 0 bridgehead atoms. The molecular weight excluding hydrogens is 450 g/mol. The normalized spacial score (nSPS) is 18.7. The van der Waals surface area contributed by atoms with E-state index >= 15 is 0 Å². The number of methoxy groups -OCH3 is 1. The van der Waals surface area contributed by atoms with Gasteiger partial charge in [-0.3, -0.25) is 9.59 Å². The molecule has 2 aromatic carbocycles. The van der Waals surface area contributed by atoms with Crippen molar-refractivity contribution in [3.63, 3.8) is 0 Å². The Bertz CT molecular complexity index is 1160. The number of hydrogen-bond donors (Lipinski definition) is 1. The molecule has 0 aliphatic carbocycles. The third-order valence-electron chi connectivity index (χ3n) is 5.47. The number of carbonyl (C=O) groups excluding carboxylic acids is 2. The van der Waals surface area contributed by atoms with E-state index in [-0.39, 0.29) is 41.9 Å². The summed E-state index contributed by atoms with van der Waals surface area (Å²) in [6.45, 7) is 2.55. The van der Waals surface area contributed by atoms with Gasteiger partial charge in [-0.15, -0.1) is 0 Å². The van der Waals surface area contributed by atoms with Crippen molar-refractivity contribution in [2.75, 3.05) is 50.2 Å². The minimum Gasteiger partial charge on any atom is -0.495 e. The van der Waals surface area contributed by atoms with Crippen molar-refractivity contribution in [2.24, 2.45) is 0 Å². The van der Waals surface area contributed by atoms with E-state index in [1.807, 2.05) is 0 Å². The summed E-state index contributed by atoms with van der Waals surface area (Å²) in [4.78, 5) is 26.5. The van der Waals surface area contributed by atoms with Crippen molar-refractivity contribution < 1.29 is 32.2 Å². The fourth-order valence-electron chi connectivity index (χ4n) is 3.77. The van der Waals surface area contributed by atoms with Crippen LogP contribution in [-0.4, -0.2) is 70.6 Å². The maximum Gasteiger partial charge on any atom is 0.267 e. The third kappa shape index (κ3) is 4.65. The summed E-state index contributed by atoms with van der Waals surface area (Å²) in [6.07, 6.45) is -0.967. The summed E-state index contributed by atoms with van der Waals surface area (Å²) in [5, 5.41) is 2.70. The number of benzene rings is 2. The summed E-state index contributed by atoms with van der Waals surface area (Å²) >= 11 is 0. The number of nitrogens with zero attached hydrogens (tertiary/aromatic N) is 2. The summed E-state index contributed by atoms with van der Waals surface area (Å²) in [5.74, 6) is -0.128. The molecule has 10 nitrogen and oxygen atoms in total. The number of para-hydroxylation sites is 2. The third-order valence-corrected chi connectivity index (χ3v) is 7.39. The van der Waals surface area contributed by atoms with Crippen LogP contribution in [0.25, 0.3) is 0 Å². The molecule has 1 atom stereocenters. The summed E-state index contributed by atoms with van der Waals surface area (Å²) < 4.78 is 44.0. The van der Waals surface area contributed by atoms with Crippen LogP contribution in [0.3, 0.4) is 0 Å². The fourth-order valence-corrected chi connectivity index (χ4v) is 5.36. The number of fused-ring (bicyclic) bond motifs is 1. The predicted octanol–water partition coefficient (Wildman–Crippen LogP) is 1.47. The smallest absolute Gasteiger partial charge is 0.267 e. The first-order valence-corrected chi connectivity index (χ1v) is 11.9. The molecule has 1 unspecified atom stereocenters. The zero-order valence-corrected chi connectivity index (χ0v) is 19.1. The average molecular weight is 476 g/mol. The highest BCUT2D eigenvalue weighted by Crippen LogP contribution is 2.34. The topological polar surface area (TPSA) is 114 Å². The van der Waals surface area contributed by atoms with Gasteiger partial charge in [0.05, 0.1) is 32.6 Å². The lowest BCUT2D eigenvalue weighted by Crippen LogP contribution is -2.48. The Labute approximate surface area is 192 Å². The molecule has 0 aromatic heterocycles. The lowest BCUT2D eigenvalue weighted by molar-refractivity contribution is -0.123. The van der Waals surface area contributed by atoms with Gasteiger partial charge in [-0.25, -0.2) is 8.42 Å². The molecule has 2 amide bonds. The number of ether oxygens (including phenoxy) is 3. The van der Waals surface area contributed by atoms with Crippen LogP contribution in [0.2, 0.25) is 0 Å². The Morgan fingerprint density at radius 2 is 1.85 bits per heavy atom. The molecule has 2 aliphatic rings. The molecule has 11 heteroatoms. The maximum absolute atomic E-state index is 13.2. The first kappa shape index (κ1) is 23.0. The van der Waals surface area contributed by atoms with Crippen LogP contribution >= 0.6 is 0 Å². The van der Waals surface area contributed by atoms with Gasteiger partial charge >= 0.3 is 0 Å². The lowest BCUT2D eigenvalue weighted by Gasteiger charge is -2.33. The number of amides is 2. The van der Waals surface area contributed by atoms with Crippen LogP contribution in [0.4, 0.5) is 11.4 Å². The molecular formula is C22H25N3O7S. The van der Waals surface area contributed by atoms with Crippen molar-refractivity contribution >= 4 is 33.2 Å². The van der Waals surface area contributed by atoms with E-state index in [0.717, 1.165) is 0 Å². The Hall–Kier alpha value is -3.15. The summed E-state index contributed by atoms with van der Waals surface area (Å²) in [7, 11) is -2.47. The molecule has 1 saturated heterocycles. The monoisotopic (exact) mass is 475 g/mol. The van der Waals surface area contributed by atoms with E-state index in [1.54, 1.807) is 30.3 Å². The van der Waals surface area contributed by atoms with E-state index in [4.69, 9.17) is 14.2 Å². The second kappa shape index (κ2) is 9.38. The van der Waals surface area contributed by atoms with Gasteiger partial charge in [0.1, 0.15) is 16.4 Å². The van der Waals surface area contributed by atoms with E-state index in [0.29, 0.717) is 24.7 Å². The molecule has 0 spiro atoms. The SMILES string of the molecule is COc1ccc(NC(=O)C2CN(C(C)=O)c3ccccc3O2)cc1S(=O)(=O)N1CCOCC1. The number of nitrogens with one attached hydrogen (secondary N) is 1. The van der Waals surface area contributed by atoms with Gasteiger partial charge < -0.3 is 24.4 Å².